The van der Waals surface area contributed by atoms with Crippen molar-refractivity contribution in [1.29, 1.82) is 0 Å². The Labute approximate surface area is 70.2 Å². The van der Waals surface area contributed by atoms with Gasteiger partial charge in [-0.1, -0.05) is 0 Å². The van der Waals surface area contributed by atoms with Crippen molar-refractivity contribution in [2.24, 2.45) is 0 Å². The maximum absolute atomic E-state index is 5.39. The third kappa shape index (κ3) is 3.64. The lowest BCUT2D eigenvalue weighted by atomic mass is 10.4. The zero-order valence-corrected chi connectivity index (χ0v) is 7.32. The molecular weight excluding hydrogens is 171 g/mol. The fraction of sp³-hybridized carbons (Fsp3) is 0.333. The number of hydrogen-bond acceptors (Lipinski definition) is 2. The van der Waals surface area contributed by atoms with Gasteiger partial charge in [-0.05, 0) is 24.1 Å². The third-order valence-electron chi connectivity index (χ3n) is 0.749. The summed E-state index contributed by atoms with van der Waals surface area (Å²) in [5.74, 6) is 0. The largest absolute Gasteiger partial charge is 0.226 e. The zero-order chi connectivity index (χ0) is 7.98. The van der Waals surface area contributed by atoms with Gasteiger partial charge in [0.1, 0.15) is 0 Å². The zero-order valence-electron chi connectivity index (χ0n) is 5.81. The van der Waals surface area contributed by atoms with Gasteiger partial charge < -0.3 is 0 Å². The van der Waals surface area contributed by atoms with Crippen LogP contribution in [0.3, 0.4) is 0 Å². The Hall–Kier alpha value is -0.340. The van der Waals surface area contributed by atoms with E-state index in [-0.39, 0.29) is 0 Å². The summed E-state index contributed by atoms with van der Waals surface area (Å²) in [5, 5.41) is 0.301. The van der Waals surface area contributed by atoms with Crippen LogP contribution in [0.2, 0.25) is 5.28 Å². The molecule has 0 saturated heterocycles. The van der Waals surface area contributed by atoms with Crippen LogP contribution in [0.25, 0.3) is 0 Å². The highest BCUT2D eigenvalue weighted by Crippen LogP contribution is 1.97. The smallest absolute Gasteiger partial charge is 0.222 e. The van der Waals surface area contributed by atoms with Gasteiger partial charge in [-0.15, -0.1) is 11.6 Å². The van der Waals surface area contributed by atoms with Crippen molar-refractivity contribution in [3.05, 3.63) is 23.2 Å². The van der Waals surface area contributed by atoms with Crippen molar-refractivity contribution in [2.75, 3.05) is 6.38 Å². The molecule has 0 N–H and O–H groups in total. The number of hydrogen-bond donors (Lipinski definition) is 0. The molecule has 10 heavy (non-hydrogen) atoms. The van der Waals surface area contributed by atoms with E-state index in [0.29, 0.717) is 5.28 Å². The van der Waals surface area contributed by atoms with Gasteiger partial charge in [0.05, 0.1) is 0 Å². The van der Waals surface area contributed by atoms with Crippen LogP contribution in [0, 0.1) is 6.92 Å². The van der Waals surface area contributed by atoms with E-state index in [1.54, 1.807) is 12.4 Å². The molecule has 0 amide bonds. The molecule has 0 unspecified atom stereocenters. The molecular formula is C6H8Cl2N2. The van der Waals surface area contributed by atoms with Gasteiger partial charge in [-0.25, -0.2) is 9.97 Å². The average molecular weight is 179 g/mol. The monoisotopic (exact) mass is 178 g/mol. The first-order valence-electron chi connectivity index (χ1n) is 2.61. The second-order valence-corrected chi connectivity index (χ2v) is 1.87. The summed E-state index contributed by atoms with van der Waals surface area (Å²) in [6.45, 7) is 1.91. The highest BCUT2D eigenvalue weighted by Gasteiger charge is 1.84. The standard InChI is InChI=1S/C5H5ClN2.CH3Cl/c1-4-2-7-5(6)8-3-4;1-2/h2-3H,1H3;1H3. The second kappa shape index (κ2) is 5.45. The van der Waals surface area contributed by atoms with Crippen LogP contribution in [0.1, 0.15) is 5.56 Å². The molecule has 0 aliphatic rings. The molecule has 0 aliphatic heterocycles. The van der Waals surface area contributed by atoms with Crippen molar-refractivity contribution >= 4 is 23.2 Å². The second-order valence-electron chi connectivity index (χ2n) is 1.53. The van der Waals surface area contributed by atoms with E-state index in [4.69, 9.17) is 11.6 Å². The van der Waals surface area contributed by atoms with Crippen molar-refractivity contribution < 1.29 is 0 Å². The number of rotatable bonds is 0. The Morgan fingerprint density at radius 3 is 1.90 bits per heavy atom. The van der Waals surface area contributed by atoms with Crippen LogP contribution in [-0.2, 0) is 0 Å². The first-order valence-corrected chi connectivity index (χ1v) is 3.74. The Kier molecular flexibility index (Phi) is 5.26. The van der Waals surface area contributed by atoms with Crippen LogP contribution in [0.4, 0.5) is 0 Å². The van der Waals surface area contributed by atoms with E-state index < -0.39 is 0 Å². The first kappa shape index (κ1) is 9.66. The van der Waals surface area contributed by atoms with Crippen molar-refractivity contribution in [3.8, 4) is 0 Å². The molecule has 0 bridgehead atoms. The minimum Gasteiger partial charge on any atom is -0.226 e. The lowest BCUT2D eigenvalue weighted by Gasteiger charge is -1.86. The van der Waals surface area contributed by atoms with Crippen LogP contribution < -0.4 is 0 Å². The topological polar surface area (TPSA) is 25.8 Å². The molecule has 4 heteroatoms. The summed E-state index contributed by atoms with van der Waals surface area (Å²) in [4.78, 5) is 7.47. The van der Waals surface area contributed by atoms with Crippen LogP contribution in [0.5, 0.6) is 0 Å². The highest BCUT2D eigenvalue weighted by molar-refractivity contribution is 6.28. The number of alkyl halides is 1. The van der Waals surface area contributed by atoms with Crippen molar-refractivity contribution in [3.63, 3.8) is 0 Å². The normalized spacial score (nSPS) is 8.00. The first-order chi connectivity index (χ1) is 4.79. The summed E-state index contributed by atoms with van der Waals surface area (Å²) in [7, 11) is 0. The van der Waals surface area contributed by atoms with Gasteiger partial charge in [0, 0.05) is 18.8 Å². The molecule has 1 rings (SSSR count). The minimum atomic E-state index is 0.301. The maximum atomic E-state index is 5.39. The highest BCUT2D eigenvalue weighted by atomic mass is 35.5. The van der Waals surface area contributed by atoms with Gasteiger partial charge in [-0.2, -0.15) is 0 Å². The van der Waals surface area contributed by atoms with E-state index in [9.17, 15) is 0 Å². The molecule has 0 fully saturated rings. The fourth-order valence-electron chi connectivity index (χ4n) is 0.377. The van der Waals surface area contributed by atoms with E-state index >= 15 is 0 Å². The summed E-state index contributed by atoms with van der Waals surface area (Å²) in [6.07, 6.45) is 4.82. The quantitative estimate of drug-likeness (QED) is 0.451. The van der Waals surface area contributed by atoms with Gasteiger partial charge in [-0.3, -0.25) is 0 Å². The number of aryl methyl sites for hydroxylation is 1. The molecule has 0 radical (unpaired) electrons. The van der Waals surface area contributed by atoms with Crippen LogP contribution >= 0.6 is 23.2 Å². The van der Waals surface area contributed by atoms with Crippen LogP contribution in [-0.4, -0.2) is 16.4 Å². The Morgan fingerprint density at radius 2 is 1.60 bits per heavy atom. The van der Waals surface area contributed by atoms with Gasteiger partial charge >= 0.3 is 0 Å². The molecule has 1 aromatic heterocycles. The van der Waals surface area contributed by atoms with Crippen molar-refractivity contribution in [1.82, 2.24) is 9.97 Å². The Bertz CT molecular complexity index is 153. The van der Waals surface area contributed by atoms with Gasteiger partial charge in [0.2, 0.25) is 5.28 Å². The van der Waals surface area contributed by atoms with Crippen molar-refractivity contribution in [2.45, 2.75) is 6.92 Å². The fourth-order valence-corrected chi connectivity index (χ4v) is 0.474. The van der Waals surface area contributed by atoms with Crippen LogP contribution in [0.15, 0.2) is 12.4 Å². The SMILES string of the molecule is CCl.Cc1cnc(Cl)nc1. The Morgan fingerprint density at radius 1 is 1.20 bits per heavy atom. The molecule has 1 heterocycles. The Balaban J connectivity index is 0.000000371. The molecule has 2 nitrogen and oxygen atoms in total. The van der Waals surface area contributed by atoms with E-state index in [0.717, 1.165) is 5.56 Å². The summed E-state index contributed by atoms with van der Waals surface area (Å²) >= 11 is 10.0. The average Bonchev–Trinajstić information content (AvgIpc) is 2.00. The molecule has 1 aromatic rings. The lowest BCUT2D eigenvalue weighted by Crippen LogP contribution is -1.80. The number of nitrogens with zero attached hydrogens (tertiary/aromatic N) is 2. The number of aromatic nitrogens is 2. The van der Waals surface area contributed by atoms with Gasteiger partial charge in [0.15, 0.2) is 0 Å². The summed E-state index contributed by atoms with van der Waals surface area (Å²) < 4.78 is 0. The molecule has 0 saturated carbocycles. The minimum absolute atomic E-state index is 0.301. The third-order valence-corrected chi connectivity index (χ3v) is 0.945. The summed E-state index contributed by atoms with van der Waals surface area (Å²) in [5.41, 5.74) is 1.02. The predicted octanol–water partition coefficient (Wildman–Crippen LogP) is 2.29. The van der Waals surface area contributed by atoms with E-state index in [1.807, 2.05) is 6.92 Å². The lowest BCUT2D eigenvalue weighted by molar-refractivity contribution is 1.13. The molecule has 0 aromatic carbocycles. The maximum Gasteiger partial charge on any atom is 0.222 e. The van der Waals surface area contributed by atoms with E-state index in [1.165, 1.54) is 6.38 Å². The molecule has 56 valence electrons. The molecule has 0 atom stereocenters. The molecule has 0 spiro atoms. The predicted molar refractivity (Wildman–Crippen MR) is 43.6 cm³/mol. The molecule has 0 aliphatic carbocycles. The summed E-state index contributed by atoms with van der Waals surface area (Å²) in [6, 6.07) is 0. The van der Waals surface area contributed by atoms with E-state index in [2.05, 4.69) is 21.6 Å². The number of halogens is 2. The van der Waals surface area contributed by atoms with Gasteiger partial charge in [0.25, 0.3) is 0 Å².